The Hall–Kier alpha value is -2.91. The van der Waals surface area contributed by atoms with Crippen LogP contribution in [0.3, 0.4) is 0 Å². The summed E-state index contributed by atoms with van der Waals surface area (Å²) in [6.07, 6.45) is 0.767. The summed E-state index contributed by atoms with van der Waals surface area (Å²) in [6.45, 7) is 2.06. The molecule has 1 aliphatic heterocycles. The fourth-order valence-electron chi connectivity index (χ4n) is 3.40. The predicted octanol–water partition coefficient (Wildman–Crippen LogP) is 2.95. The standard InChI is InChI=1S/C20H24N6O2S/c1-14-9-11-15(12-10-14)17-13-18(16-7-5-4-6-8-16)26-20(21-17)22-19(23-26)24-29(27,28)25(2)3/h4-12,17-18H,13H2,1-3H3,(H2,21,22,23,24). The maximum atomic E-state index is 12.2. The lowest BCUT2D eigenvalue weighted by Crippen LogP contribution is -2.29. The number of benzene rings is 2. The van der Waals surface area contributed by atoms with Crippen LogP contribution in [0.2, 0.25) is 0 Å². The molecule has 8 nitrogen and oxygen atoms in total. The van der Waals surface area contributed by atoms with Gasteiger partial charge in [-0.2, -0.15) is 17.7 Å². The normalized spacial score (nSPS) is 18.9. The summed E-state index contributed by atoms with van der Waals surface area (Å²) in [5, 5.41) is 7.85. The molecule has 2 aromatic carbocycles. The van der Waals surface area contributed by atoms with E-state index in [0.717, 1.165) is 21.9 Å². The first-order chi connectivity index (χ1) is 13.8. The average molecular weight is 413 g/mol. The molecule has 0 bridgehead atoms. The maximum Gasteiger partial charge on any atom is 0.303 e. The average Bonchev–Trinajstić information content (AvgIpc) is 3.10. The molecule has 2 unspecified atom stereocenters. The Balaban J connectivity index is 1.73. The van der Waals surface area contributed by atoms with Crippen molar-refractivity contribution in [1.29, 1.82) is 0 Å². The van der Waals surface area contributed by atoms with Crippen LogP contribution in [0, 0.1) is 6.92 Å². The zero-order valence-electron chi connectivity index (χ0n) is 16.6. The number of hydrogen-bond donors (Lipinski definition) is 2. The van der Waals surface area contributed by atoms with Crippen LogP contribution >= 0.6 is 0 Å². The van der Waals surface area contributed by atoms with Gasteiger partial charge in [0.1, 0.15) is 0 Å². The minimum absolute atomic E-state index is 0.0378. The summed E-state index contributed by atoms with van der Waals surface area (Å²) in [5.41, 5.74) is 3.45. The number of anilines is 2. The fourth-order valence-corrected chi connectivity index (χ4v) is 3.90. The molecule has 0 fully saturated rings. The number of fused-ring (bicyclic) bond motifs is 1. The van der Waals surface area contributed by atoms with Crippen LogP contribution in [-0.4, -0.2) is 41.6 Å². The van der Waals surface area contributed by atoms with Crippen LogP contribution in [0.25, 0.3) is 0 Å². The summed E-state index contributed by atoms with van der Waals surface area (Å²) in [6, 6.07) is 18.4. The maximum absolute atomic E-state index is 12.2. The molecule has 1 aromatic heterocycles. The summed E-state index contributed by atoms with van der Waals surface area (Å²) in [7, 11) is -0.776. The highest BCUT2D eigenvalue weighted by molar-refractivity contribution is 7.90. The third-order valence-corrected chi connectivity index (χ3v) is 6.46. The number of aryl methyl sites for hydroxylation is 1. The Bertz CT molecular complexity index is 1090. The molecule has 9 heteroatoms. The monoisotopic (exact) mass is 412 g/mol. The van der Waals surface area contributed by atoms with Crippen LogP contribution in [0.4, 0.5) is 11.9 Å². The SMILES string of the molecule is Cc1ccc(C2CC(c3ccccc3)n3nc(NS(=O)(=O)N(C)C)nc3N2)cc1. The molecule has 152 valence electrons. The van der Waals surface area contributed by atoms with Crippen molar-refractivity contribution in [2.45, 2.75) is 25.4 Å². The Labute approximate surface area is 170 Å². The molecular weight excluding hydrogens is 388 g/mol. The van der Waals surface area contributed by atoms with Crippen molar-refractivity contribution >= 4 is 22.1 Å². The molecule has 2 atom stereocenters. The second kappa shape index (κ2) is 7.49. The minimum Gasteiger partial charge on any atom is -0.347 e. The lowest BCUT2D eigenvalue weighted by Gasteiger charge is -2.31. The van der Waals surface area contributed by atoms with Crippen molar-refractivity contribution in [2.24, 2.45) is 0 Å². The molecule has 0 saturated heterocycles. The molecule has 2 N–H and O–H groups in total. The van der Waals surface area contributed by atoms with Gasteiger partial charge in [-0.25, -0.2) is 9.40 Å². The van der Waals surface area contributed by atoms with Crippen molar-refractivity contribution in [3.8, 4) is 0 Å². The summed E-state index contributed by atoms with van der Waals surface area (Å²) < 4.78 is 29.6. The summed E-state index contributed by atoms with van der Waals surface area (Å²) in [5.74, 6) is 0.582. The molecule has 0 radical (unpaired) electrons. The molecule has 3 aromatic rings. The van der Waals surface area contributed by atoms with Gasteiger partial charge in [0.05, 0.1) is 12.1 Å². The molecule has 0 saturated carbocycles. The van der Waals surface area contributed by atoms with E-state index in [2.05, 4.69) is 63.4 Å². The van der Waals surface area contributed by atoms with Crippen LogP contribution < -0.4 is 10.0 Å². The van der Waals surface area contributed by atoms with E-state index in [1.807, 2.05) is 18.2 Å². The van der Waals surface area contributed by atoms with E-state index in [1.165, 1.54) is 19.7 Å². The van der Waals surface area contributed by atoms with E-state index in [-0.39, 0.29) is 18.0 Å². The number of aromatic nitrogens is 3. The van der Waals surface area contributed by atoms with Crippen LogP contribution in [-0.2, 0) is 10.2 Å². The van der Waals surface area contributed by atoms with Gasteiger partial charge in [0.25, 0.3) is 5.95 Å². The fraction of sp³-hybridized carbons (Fsp3) is 0.300. The smallest absolute Gasteiger partial charge is 0.303 e. The lowest BCUT2D eigenvalue weighted by molar-refractivity contribution is 0.431. The quantitative estimate of drug-likeness (QED) is 0.672. The zero-order valence-corrected chi connectivity index (χ0v) is 17.4. The van der Waals surface area contributed by atoms with Crippen molar-refractivity contribution < 1.29 is 8.42 Å². The van der Waals surface area contributed by atoms with Gasteiger partial charge < -0.3 is 5.32 Å². The first kappa shape index (κ1) is 19.4. The van der Waals surface area contributed by atoms with E-state index in [4.69, 9.17) is 0 Å². The Morgan fingerprint density at radius 2 is 1.76 bits per heavy atom. The highest BCUT2D eigenvalue weighted by atomic mass is 32.2. The molecule has 1 aliphatic rings. The van der Waals surface area contributed by atoms with E-state index in [9.17, 15) is 8.42 Å². The predicted molar refractivity (Wildman–Crippen MR) is 113 cm³/mol. The van der Waals surface area contributed by atoms with Gasteiger partial charge in [-0.3, -0.25) is 0 Å². The van der Waals surface area contributed by atoms with Crippen LogP contribution in [0.5, 0.6) is 0 Å². The molecule has 4 rings (SSSR count). The number of hydrogen-bond acceptors (Lipinski definition) is 5. The zero-order chi connectivity index (χ0) is 20.6. The molecule has 2 heterocycles. The first-order valence-electron chi connectivity index (χ1n) is 9.38. The van der Waals surface area contributed by atoms with Crippen molar-refractivity contribution in [2.75, 3.05) is 24.1 Å². The third kappa shape index (κ3) is 3.96. The molecule has 29 heavy (non-hydrogen) atoms. The van der Waals surface area contributed by atoms with E-state index < -0.39 is 10.2 Å². The number of nitrogens with zero attached hydrogens (tertiary/aromatic N) is 4. The van der Waals surface area contributed by atoms with Gasteiger partial charge in [-0.15, -0.1) is 5.10 Å². The largest absolute Gasteiger partial charge is 0.347 e. The van der Waals surface area contributed by atoms with E-state index in [0.29, 0.717) is 5.95 Å². The Kier molecular flexibility index (Phi) is 5.01. The Morgan fingerprint density at radius 1 is 1.07 bits per heavy atom. The first-order valence-corrected chi connectivity index (χ1v) is 10.8. The minimum atomic E-state index is -3.69. The molecule has 0 spiro atoms. The van der Waals surface area contributed by atoms with E-state index >= 15 is 0 Å². The number of rotatable bonds is 5. The van der Waals surface area contributed by atoms with Gasteiger partial charge >= 0.3 is 10.2 Å². The molecule has 0 amide bonds. The second-order valence-electron chi connectivity index (χ2n) is 7.36. The van der Waals surface area contributed by atoms with Crippen molar-refractivity contribution in [3.63, 3.8) is 0 Å². The van der Waals surface area contributed by atoms with Crippen molar-refractivity contribution in [1.82, 2.24) is 19.1 Å². The summed E-state index contributed by atoms with van der Waals surface area (Å²) >= 11 is 0. The lowest BCUT2D eigenvalue weighted by atomic mass is 9.93. The highest BCUT2D eigenvalue weighted by Crippen LogP contribution is 2.38. The summed E-state index contributed by atoms with van der Waals surface area (Å²) in [4.78, 5) is 4.41. The molecular formula is C20H24N6O2S. The van der Waals surface area contributed by atoms with Crippen LogP contribution in [0.15, 0.2) is 54.6 Å². The topological polar surface area (TPSA) is 92.2 Å². The second-order valence-corrected chi connectivity index (χ2v) is 9.25. The third-order valence-electron chi connectivity index (χ3n) is 5.05. The van der Waals surface area contributed by atoms with Crippen LogP contribution in [0.1, 0.15) is 35.2 Å². The van der Waals surface area contributed by atoms with Gasteiger partial charge in [0.2, 0.25) is 5.95 Å². The van der Waals surface area contributed by atoms with E-state index in [1.54, 1.807) is 4.68 Å². The van der Waals surface area contributed by atoms with Gasteiger partial charge in [-0.05, 0) is 24.5 Å². The van der Waals surface area contributed by atoms with Crippen molar-refractivity contribution in [3.05, 3.63) is 71.3 Å². The number of nitrogens with one attached hydrogen (secondary N) is 2. The van der Waals surface area contributed by atoms with Gasteiger partial charge in [-0.1, -0.05) is 60.2 Å². The van der Waals surface area contributed by atoms with Gasteiger partial charge in [0, 0.05) is 14.1 Å². The Morgan fingerprint density at radius 3 is 2.41 bits per heavy atom. The van der Waals surface area contributed by atoms with Gasteiger partial charge in [0.15, 0.2) is 0 Å². The highest BCUT2D eigenvalue weighted by Gasteiger charge is 2.31. The molecule has 0 aliphatic carbocycles.